The van der Waals surface area contributed by atoms with Crippen molar-refractivity contribution in [3.8, 4) is 0 Å². The van der Waals surface area contributed by atoms with Crippen LogP contribution >= 0.6 is 11.3 Å². The van der Waals surface area contributed by atoms with Crippen LogP contribution in [-0.4, -0.2) is 47.7 Å². The molecule has 3 heterocycles. The maximum atomic E-state index is 12.7. The monoisotopic (exact) mass is 347 g/mol. The lowest BCUT2D eigenvalue weighted by molar-refractivity contribution is -0.147. The smallest absolute Gasteiger partial charge is 0.307 e. The Bertz CT molecular complexity index is 659. The minimum absolute atomic E-state index is 0.0414. The Kier molecular flexibility index (Phi) is 4.18. The van der Waals surface area contributed by atoms with E-state index in [9.17, 15) is 9.59 Å². The quantitative estimate of drug-likeness (QED) is 0.912. The van der Waals surface area contributed by atoms with Gasteiger partial charge in [-0.05, 0) is 48.6 Å². The number of hydrogen-bond acceptors (Lipinski definition) is 4. The second kappa shape index (κ2) is 6.33. The third-order valence-electron chi connectivity index (χ3n) is 5.48. The number of carbonyl (C=O) groups excluding carboxylic acids is 1. The summed E-state index contributed by atoms with van der Waals surface area (Å²) < 4.78 is 5.67. The molecule has 0 radical (unpaired) electrons. The first-order chi connectivity index (χ1) is 11.6. The molecular weight excluding hydrogens is 326 g/mol. The van der Waals surface area contributed by atoms with Crippen molar-refractivity contribution in [1.82, 2.24) is 4.90 Å². The predicted octanol–water partition coefficient (Wildman–Crippen LogP) is 2.49. The van der Waals surface area contributed by atoms with Crippen LogP contribution in [0, 0.1) is 17.8 Å². The molecule has 3 aliphatic rings. The lowest BCUT2D eigenvalue weighted by Gasteiger charge is -2.32. The van der Waals surface area contributed by atoms with E-state index in [1.54, 1.807) is 11.3 Å². The molecule has 1 amide bonds. The van der Waals surface area contributed by atoms with Gasteiger partial charge in [-0.1, -0.05) is 11.6 Å². The standard InChI is InChI=1S/C18H21NO4S/c20-17(15-9-13-14(10-23-15)16(13)18(21)22)19-5-3-11(4-6-19)8-12-2-1-7-24-12/h1-2,7-8,13-16H,3-6,9-10H2,(H,21,22)/t13-,14+,15-,16-/m0/s1. The first-order valence-corrected chi connectivity index (χ1v) is 9.37. The molecule has 1 aromatic heterocycles. The van der Waals surface area contributed by atoms with Crippen LogP contribution in [0.5, 0.6) is 0 Å². The molecule has 6 heteroatoms. The van der Waals surface area contributed by atoms with Gasteiger partial charge in [-0.15, -0.1) is 11.3 Å². The zero-order chi connectivity index (χ0) is 16.7. The topological polar surface area (TPSA) is 66.8 Å². The SMILES string of the molecule is O=C(O)[C@@H]1[C@@H]2CO[C@H](C(=O)N3CCC(=Cc4cccs4)CC3)C[C@@H]21. The number of hydrogen-bond donors (Lipinski definition) is 1. The van der Waals surface area contributed by atoms with E-state index in [4.69, 9.17) is 9.84 Å². The molecule has 1 N–H and O–H groups in total. The van der Waals surface area contributed by atoms with Gasteiger partial charge < -0.3 is 14.7 Å². The number of carboxylic acids is 1. The van der Waals surface area contributed by atoms with Crippen molar-refractivity contribution in [3.05, 3.63) is 28.0 Å². The lowest BCUT2D eigenvalue weighted by Crippen LogP contribution is -2.45. The average Bonchev–Trinajstić information content (AvgIpc) is 3.10. The highest BCUT2D eigenvalue weighted by Crippen LogP contribution is 2.52. The van der Waals surface area contributed by atoms with Crippen LogP contribution in [0.3, 0.4) is 0 Å². The largest absolute Gasteiger partial charge is 0.481 e. The molecule has 1 aromatic rings. The number of amides is 1. The summed E-state index contributed by atoms with van der Waals surface area (Å²) in [5.41, 5.74) is 1.39. The maximum absolute atomic E-state index is 12.7. The second-order valence-electron chi connectivity index (χ2n) is 6.89. The van der Waals surface area contributed by atoms with Crippen molar-refractivity contribution in [3.63, 3.8) is 0 Å². The zero-order valence-electron chi connectivity index (χ0n) is 13.4. The summed E-state index contributed by atoms with van der Waals surface area (Å²) in [5.74, 6) is -0.760. The molecular formula is C18H21NO4S. The number of carbonyl (C=O) groups is 2. The number of fused-ring (bicyclic) bond motifs is 1. The molecule has 2 aliphatic heterocycles. The summed E-state index contributed by atoms with van der Waals surface area (Å²) >= 11 is 1.73. The van der Waals surface area contributed by atoms with Gasteiger partial charge in [0, 0.05) is 18.0 Å². The van der Waals surface area contributed by atoms with Gasteiger partial charge in [0.1, 0.15) is 6.10 Å². The summed E-state index contributed by atoms with van der Waals surface area (Å²) in [4.78, 5) is 26.9. The number of aliphatic carboxylic acids is 1. The highest BCUT2D eigenvalue weighted by atomic mass is 32.1. The minimum atomic E-state index is -0.747. The summed E-state index contributed by atoms with van der Waals surface area (Å²) in [7, 11) is 0. The fraction of sp³-hybridized carbons (Fsp3) is 0.556. The van der Waals surface area contributed by atoms with Crippen LogP contribution in [0.4, 0.5) is 0 Å². The van der Waals surface area contributed by atoms with Crippen LogP contribution in [0.2, 0.25) is 0 Å². The van der Waals surface area contributed by atoms with E-state index < -0.39 is 12.1 Å². The Hall–Kier alpha value is -1.66. The second-order valence-corrected chi connectivity index (χ2v) is 7.87. The molecule has 0 spiro atoms. The fourth-order valence-corrected chi connectivity index (χ4v) is 4.72. The number of ether oxygens (including phenoxy) is 1. The first kappa shape index (κ1) is 15.8. The summed E-state index contributed by atoms with van der Waals surface area (Å²) in [6, 6.07) is 4.15. The van der Waals surface area contributed by atoms with Crippen molar-refractivity contribution in [1.29, 1.82) is 0 Å². The number of thiophene rings is 1. The zero-order valence-corrected chi connectivity index (χ0v) is 14.2. The average molecular weight is 347 g/mol. The van der Waals surface area contributed by atoms with Crippen molar-refractivity contribution >= 4 is 29.3 Å². The van der Waals surface area contributed by atoms with Crippen molar-refractivity contribution in [2.45, 2.75) is 25.4 Å². The molecule has 0 unspecified atom stereocenters. The van der Waals surface area contributed by atoms with E-state index in [1.165, 1.54) is 10.5 Å². The Morgan fingerprint density at radius 1 is 1.29 bits per heavy atom. The maximum Gasteiger partial charge on any atom is 0.307 e. The highest BCUT2D eigenvalue weighted by molar-refractivity contribution is 7.10. The molecule has 5 nitrogen and oxygen atoms in total. The Balaban J connectivity index is 1.31. The molecule has 128 valence electrons. The van der Waals surface area contributed by atoms with Gasteiger partial charge in [-0.3, -0.25) is 9.59 Å². The number of likely N-dealkylation sites (tertiary alicyclic amines) is 1. The summed E-state index contributed by atoms with van der Waals surface area (Å²) in [6.45, 7) is 1.87. The van der Waals surface area contributed by atoms with E-state index in [-0.39, 0.29) is 23.7 Å². The van der Waals surface area contributed by atoms with E-state index in [0.717, 1.165) is 25.9 Å². The van der Waals surface area contributed by atoms with E-state index >= 15 is 0 Å². The van der Waals surface area contributed by atoms with E-state index in [1.807, 2.05) is 11.0 Å². The van der Waals surface area contributed by atoms with Crippen LogP contribution in [0.15, 0.2) is 23.1 Å². The van der Waals surface area contributed by atoms with E-state index in [2.05, 4.69) is 17.5 Å². The number of carboxylic acid groups (broad SMARTS) is 1. The molecule has 1 saturated carbocycles. The molecule has 3 fully saturated rings. The van der Waals surface area contributed by atoms with Crippen molar-refractivity contribution < 1.29 is 19.4 Å². The third kappa shape index (κ3) is 3.00. The lowest BCUT2D eigenvalue weighted by atomic mass is 10.0. The van der Waals surface area contributed by atoms with Crippen LogP contribution in [0.25, 0.3) is 6.08 Å². The Morgan fingerprint density at radius 2 is 2.08 bits per heavy atom. The Labute approximate surface area is 144 Å². The van der Waals surface area contributed by atoms with E-state index in [0.29, 0.717) is 13.0 Å². The van der Waals surface area contributed by atoms with Crippen LogP contribution in [0.1, 0.15) is 24.1 Å². The molecule has 0 bridgehead atoms. The molecule has 0 aromatic carbocycles. The molecule has 2 saturated heterocycles. The van der Waals surface area contributed by atoms with Crippen LogP contribution in [-0.2, 0) is 14.3 Å². The summed E-state index contributed by atoms with van der Waals surface area (Å²) in [6.07, 6.45) is 4.16. The van der Waals surface area contributed by atoms with Gasteiger partial charge in [-0.25, -0.2) is 0 Å². The van der Waals surface area contributed by atoms with Gasteiger partial charge in [0.05, 0.1) is 12.5 Å². The van der Waals surface area contributed by atoms with Gasteiger partial charge in [0.2, 0.25) is 0 Å². The normalized spacial score (nSPS) is 32.2. The van der Waals surface area contributed by atoms with Gasteiger partial charge in [-0.2, -0.15) is 0 Å². The Morgan fingerprint density at radius 3 is 2.75 bits per heavy atom. The first-order valence-electron chi connectivity index (χ1n) is 8.49. The van der Waals surface area contributed by atoms with Crippen LogP contribution < -0.4 is 0 Å². The predicted molar refractivity (Wildman–Crippen MR) is 90.6 cm³/mol. The van der Waals surface area contributed by atoms with Crippen molar-refractivity contribution in [2.24, 2.45) is 17.8 Å². The number of piperidine rings is 1. The van der Waals surface area contributed by atoms with Gasteiger partial charge in [0.25, 0.3) is 5.91 Å². The minimum Gasteiger partial charge on any atom is -0.481 e. The third-order valence-corrected chi connectivity index (χ3v) is 6.29. The van der Waals surface area contributed by atoms with Gasteiger partial charge >= 0.3 is 5.97 Å². The molecule has 24 heavy (non-hydrogen) atoms. The van der Waals surface area contributed by atoms with Crippen molar-refractivity contribution in [2.75, 3.05) is 19.7 Å². The highest BCUT2D eigenvalue weighted by Gasteiger charge is 2.59. The van der Waals surface area contributed by atoms with Gasteiger partial charge in [0.15, 0.2) is 0 Å². The molecule has 1 aliphatic carbocycles. The number of rotatable bonds is 3. The summed E-state index contributed by atoms with van der Waals surface area (Å²) in [5, 5.41) is 11.2. The fourth-order valence-electron chi connectivity index (χ4n) is 4.01. The molecule has 4 rings (SSSR count). The molecule has 4 atom stereocenters. The number of nitrogens with zero attached hydrogens (tertiary/aromatic N) is 1.